The first-order valence-electron chi connectivity index (χ1n) is 7.94. The van der Waals surface area contributed by atoms with E-state index in [-0.39, 0.29) is 0 Å². The van der Waals surface area contributed by atoms with Crippen molar-refractivity contribution in [3.05, 3.63) is 35.2 Å². The Balaban J connectivity index is 2.03. The molecule has 1 atom stereocenters. The van der Waals surface area contributed by atoms with Crippen molar-refractivity contribution < 1.29 is 0 Å². The maximum atomic E-state index is 3.80. The van der Waals surface area contributed by atoms with Gasteiger partial charge < -0.3 is 5.32 Å². The Morgan fingerprint density at radius 3 is 2.75 bits per heavy atom. The predicted molar refractivity (Wildman–Crippen MR) is 89.4 cm³/mol. The van der Waals surface area contributed by atoms with Crippen molar-refractivity contribution in [2.75, 3.05) is 6.54 Å². The lowest BCUT2D eigenvalue weighted by molar-refractivity contribution is 0.147. The van der Waals surface area contributed by atoms with Gasteiger partial charge in [0, 0.05) is 10.7 Å². The van der Waals surface area contributed by atoms with Crippen LogP contribution in [0.1, 0.15) is 57.6 Å². The molecule has 1 nitrogen and oxygen atoms in total. The Kier molecular flexibility index (Phi) is 4.13. The van der Waals surface area contributed by atoms with Crippen LogP contribution in [-0.2, 0) is 0 Å². The summed E-state index contributed by atoms with van der Waals surface area (Å²) in [5.74, 6) is 0. The highest BCUT2D eigenvalue weighted by Gasteiger charge is 2.36. The van der Waals surface area contributed by atoms with E-state index in [0.717, 1.165) is 6.54 Å². The molecule has 20 heavy (non-hydrogen) atoms. The summed E-state index contributed by atoms with van der Waals surface area (Å²) in [5.41, 5.74) is 1.93. The number of benzene rings is 1. The fourth-order valence-electron chi connectivity index (χ4n) is 3.83. The summed E-state index contributed by atoms with van der Waals surface area (Å²) in [5, 5.41) is 7.42. The molecule has 0 radical (unpaired) electrons. The summed E-state index contributed by atoms with van der Waals surface area (Å²) in [6.45, 7) is 5.77. The third-order valence-corrected chi connectivity index (χ3v) is 5.90. The van der Waals surface area contributed by atoms with Gasteiger partial charge in [-0.2, -0.15) is 0 Å². The lowest BCUT2D eigenvalue weighted by atomic mass is 9.68. The van der Waals surface area contributed by atoms with E-state index in [1.54, 1.807) is 0 Å². The fraction of sp³-hybridized carbons (Fsp3) is 0.556. The standard InChI is InChI=1S/C18H25NS/c1-3-19-17(18(2)11-5-4-6-12-18)15-9-7-8-14-10-13-20-16(14)15/h7-10,13,17,19H,3-6,11-12H2,1-2H3. The van der Waals surface area contributed by atoms with Crippen LogP contribution in [0.15, 0.2) is 29.6 Å². The summed E-state index contributed by atoms with van der Waals surface area (Å²) in [6, 6.07) is 9.54. The Hall–Kier alpha value is -0.860. The summed E-state index contributed by atoms with van der Waals surface area (Å²) in [7, 11) is 0. The molecule has 1 aliphatic carbocycles. The Morgan fingerprint density at radius 2 is 2.00 bits per heavy atom. The minimum absolute atomic E-state index is 0.409. The normalized spacial score (nSPS) is 20.1. The van der Waals surface area contributed by atoms with Crippen molar-refractivity contribution in [1.29, 1.82) is 0 Å². The van der Waals surface area contributed by atoms with E-state index in [1.165, 1.54) is 47.8 Å². The molecule has 1 saturated carbocycles. The van der Waals surface area contributed by atoms with E-state index in [1.807, 2.05) is 11.3 Å². The molecule has 0 bridgehead atoms. The first-order valence-corrected chi connectivity index (χ1v) is 8.82. The number of hydrogen-bond donors (Lipinski definition) is 1. The molecule has 2 aromatic rings. The molecule has 1 unspecified atom stereocenters. The van der Waals surface area contributed by atoms with E-state index >= 15 is 0 Å². The summed E-state index contributed by atoms with van der Waals surface area (Å²) in [6.07, 6.45) is 6.90. The molecular formula is C18H25NS. The second-order valence-electron chi connectivity index (χ2n) is 6.39. The quantitative estimate of drug-likeness (QED) is 0.780. The molecule has 0 aliphatic heterocycles. The van der Waals surface area contributed by atoms with Crippen LogP contribution in [0, 0.1) is 5.41 Å². The van der Waals surface area contributed by atoms with Gasteiger partial charge in [0.05, 0.1) is 0 Å². The molecule has 3 rings (SSSR count). The van der Waals surface area contributed by atoms with Crippen molar-refractivity contribution in [2.45, 2.75) is 52.0 Å². The van der Waals surface area contributed by atoms with E-state index in [9.17, 15) is 0 Å². The third-order valence-electron chi connectivity index (χ3n) is 4.92. The molecule has 0 saturated heterocycles. The van der Waals surface area contributed by atoms with Crippen LogP contribution >= 0.6 is 11.3 Å². The van der Waals surface area contributed by atoms with E-state index in [0.29, 0.717) is 11.5 Å². The largest absolute Gasteiger partial charge is 0.310 e. The first-order chi connectivity index (χ1) is 9.74. The second kappa shape index (κ2) is 5.87. The zero-order valence-electron chi connectivity index (χ0n) is 12.6. The summed E-state index contributed by atoms with van der Waals surface area (Å²) >= 11 is 1.89. The minimum atomic E-state index is 0.409. The van der Waals surface area contributed by atoms with E-state index < -0.39 is 0 Å². The molecule has 1 aliphatic rings. The number of nitrogens with one attached hydrogen (secondary N) is 1. The molecule has 0 amide bonds. The van der Waals surface area contributed by atoms with Gasteiger partial charge in [0.2, 0.25) is 0 Å². The average molecular weight is 287 g/mol. The molecule has 108 valence electrons. The van der Waals surface area contributed by atoms with Crippen LogP contribution in [-0.4, -0.2) is 6.54 Å². The third kappa shape index (κ3) is 2.51. The van der Waals surface area contributed by atoms with Crippen molar-refractivity contribution >= 4 is 21.4 Å². The highest BCUT2D eigenvalue weighted by atomic mass is 32.1. The highest BCUT2D eigenvalue weighted by Crippen LogP contribution is 2.47. The van der Waals surface area contributed by atoms with Crippen molar-refractivity contribution in [2.24, 2.45) is 5.41 Å². The maximum Gasteiger partial charge on any atom is 0.0390 e. The van der Waals surface area contributed by atoms with Gasteiger partial charge in [0.1, 0.15) is 0 Å². The van der Waals surface area contributed by atoms with Gasteiger partial charge in [0.15, 0.2) is 0 Å². The Morgan fingerprint density at radius 1 is 1.20 bits per heavy atom. The van der Waals surface area contributed by atoms with Crippen molar-refractivity contribution in [1.82, 2.24) is 5.32 Å². The minimum Gasteiger partial charge on any atom is -0.310 e. The van der Waals surface area contributed by atoms with Crippen molar-refractivity contribution in [3.8, 4) is 0 Å². The number of thiophene rings is 1. The zero-order chi connectivity index (χ0) is 14.0. The first kappa shape index (κ1) is 14.1. The second-order valence-corrected chi connectivity index (χ2v) is 7.31. The highest BCUT2D eigenvalue weighted by molar-refractivity contribution is 7.17. The molecule has 1 N–H and O–H groups in total. The average Bonchev–Trinajstić information content (AvgIpc) is 2.94. The SMILES string of the molecule is CCNC(c1cccc2ccsc12)C1(C)CCCCC1. The van der Waals surface area contributed by atoms with Crippen LogP contribution in [0.4, 0.5) is 0 Å². The van der Waals surface area contributed by atoms with E-state index in [4.69, 9.17) is 0 Å². The Bertz CT molecular complexity index is 566. The molecule has 2 heteroatoms. The smallest absolute Gasteiger partial charge is 0.0390 e. The van der Waals surface area contributed by atoms with Crippen LogP contribution in [0.3, 0.4) is 0 Å². The predicted octanol–water partition coefficient (Wildman–Crippen LogP) is 5.52. The molecule has 1 heterocycles. The fourth-order valence-corrected chi connectivity index (χ4v) is 4.77. The topological polar surface area (TPSA) is 12.0 Å². The molecule has 1 fully saturated rings. The van der Waals surface area contributed by atoms with Crippen LogP contribution in [0.25, 0.3) is 10.1 Å². The van der Waals surface area contributed by atoms with Gasteiger partial charge >= 0.3 is 0 Å². The van der Waals surface area contributed by atoms with Gasteiger partial charge in [-0.3, -0.25) is 0 Å². The molecule has 1 aromatic heterocycles. The number of fused-ring (bicyclic) bond motifs is 1. The lowest BCUT2D eigenvalue weighted by Crippen LogP contribution is -2.37. The molecule has 0 spiro atoms. The van der Waals surface area contributed by atoms with Crippen LogP contribution in [0.2, 0.25) is 0 Å². The van der Waals surface area contributed by atoms with Gasteiger partial charge in [-0.25, -0.2) is 0 Å². The zero-order valence-corrected chi connectivity index (χ0v) is 13.4. The van der Waals surface area contributed by atoms with Gasteiger partial charge in [0.25, 0.3) is 0 Å². The molecule has 1 aromatic carbocycles. The van der Waals surface area contributed by atoms with Crippen LogP contribution < -0.4 is 5.32 Å². The maximum absolute atomic E-state index is 3.80. The van der Waals surface area contributed by atoms with Gasteiger partial charge in [-0.05, 0) is 47.2 Å². The van der Waals surface area contributed by atoms with E-state index in [2.05, 4.69) is 48.8 Å². The summed E-state index contributed by atoms with van der Waals surface area (Å²) < 4.78 is 1.48. The Labute approximate surface area is 126 Å². The van der Waals surface area contributed by atoms with Gasteiger partial charge in [-0.1, -0.05) is 51.3 Å². The monoisotopic (exact) mass is 287 g/mol. The summed E-state index contributed by atoms with van der Waals surface area (Å²) in [4.78, 5) is 0. The lowest BCUT2D eigenvalue weighted by Gasteiger charge is -2.41. The number of rotatable bonds is 4. The number of hydrogen-bond acceptors (Lipinski definition) is 2. The van der Waals surface area contributed by atoms with Gasteiger partial charge in [-0.15, -0.1) is 11.3 Å². The molecular weight excluding hydrogens is 262 g/mol. The van der Waals surface area contributed by atoms with Crippen molar-refractivity contribution in [3.63, 3.8) is 0 Å². The van der Waals surface area contributed by atoms with Crippen LogP contribution in [0.5, 0.6) is 0 Å².